The first-order chi connectivity index (χ1) is 11.6. The van der Waals surface area contributed by atoms with Crippen LogP contribution in [0.4, 0.5) is 0 Å². The predicted molar refractivity (Wildman–Crippen MR) is 104 cm³/mol. The quantitative estimate of drug-likeness (QED) is 0.804. The highest BCUT2D eigenvalue weighted by atomic mass is 79.9. The lowest BCUT2D eigenvalue weighted by Crippen LogP contribution is -2.53. The Balaban J connectivity index is 0.00000157. The molecule has 1 aromatic carbocycles. The second-order valence-corrected chi connectivity index (χ2v) is 8.78. The average molecular weight is 406 g/mol. The van der Waals surface area contributed by atoms with Crippen molar-refractivity contribution in [1.29, 1.82) is 5.41 Å². The van der Waals surface area contributed by atoms with Gasteiger partial charge < -0.3 is 14.2 Å². The molecule has 4 saturated carbocycles. The lowest BCUT2D eigenvalue weighted by molar-refractivity contribution is -0.124. The molecule has 0 saturated heterocycles. The fourth-order valence-electron chi connectivity index (χ4n) is 6.52. The van der Waals surface area contributed by atoms with Gasteiger partial charge in [-0.25, -0.2) is 0 Å². The molecule has 1 atom stereocenters. The molecule has 5 heteroatoms. The van der Waals surface area contributed by atoms with Gasteiger partial charge in [-0.05, 0) is 73.8 Å². The normalized spacial score (nSPS) is 34.2. The lowest BCUT2D eigenvalue weighted by Gasteiger charge is -2.58. The summed E-state index contributed by atoms with van der Waals surface area (Å²) in [5.74, 6) is 2.54. The van der Waals surface area contributed by atoms with E-state index in [0.717, 1.165) is 28.8 Å². The van der Waals surface area contributed by atoms with Crippen molar-refractivity contribution in [2.24, 2.45) is 30.2 Å². The summed E-state index contributed by atoms with van der Waals surface area (Å²) in [4.78, 5) is 0. The summed E-state index contributed by atoms with van der Waals surface area (Å²) in [6.07, 6.45) is 7.49. The smallest absolute Gasteiger partial charge is 0.202 e. The van der Waals surface area contributed by atoms with Gasteiger partial charge in [-0.2, -0.15) is 0 Å². The Kier molecular flexibility index (Phi) is 4.15. The molecule has 4 fully saturated rings. The number of fused-ring (bicyclic) bond motifs is 1. The van der Waals surface area contributed by atoms with Crippen LogP contribution in [0.3, 0.4) is 0 Å². The Labute approximate surface area is 159 Å². The second-order valence-electron chi connectivity index (χ2n) is 8.78. The number of halogens is 1. The minimum Gasteiger partial charge on any atom is -0.391 e. The number of aliphatic hydroxyl groups excluding tert-OH is 1. The van der Waals surface area contributed by atoms with Crippen LogP contribution >= 0.6 is 17.0 Å². The van der Waals surface area contributed by atoms with Gasteiger partial charge in [-0.3, -0.25) is 5.41 Å². The van der Waals surface area contributed by atoms with E-state index in [1.807, 2.05) is 28.3 Å². The summed E-state index contributed by atoms with van der Waals surface area (Å²) in [6.45, 7) is 0.562. The molecule has 4 aliphatic carbocycles. The molecule has 1 aromatic heterocycles. The minimum absolute atomic E-state index is 0. The standard InChI is InChI=1S/C20H27N3O.BrH/c1-22-16-4-2-3-5-17(16)23(19(22)21)12-18(24)20-9-13-6-14(10-20)8-15(7-13)11-20;/h2-5,13-15,18,21,24H,6-12H2,1H3;1H. The fraction of sp³-hybridized carbons (Fsp3) is 0.650. The maximum Gasteiger partial charge on any atom is 0.202 e. The summed E-state index contributed by atoms with van der Waals surface area (Å²) in [5.41, 5.74) is 2.74. The first kappa shape index (κ1) is 17.3. The zero-order valence-electron chi connectivity index (χ0n) is 14.8. The fourth-order valence-corrected chi connectivity index (χ4v) is 6.52. The topological polar surface area (TPSA) is 53.9 Å². The van der Waals surface area contributed by atoms with E-state index in [4.69, 9.17) is 5.41 Å². The molecular weight excluding hydrogens is 378 g/mol. The molecule has 0 aliphatic heterocycles. The molecule has 25 heavy (non-hydrogen) atoms. The highest BCUT2D eigenvalue weighted by Gasteiger charge is 2.54. The number of para-hydroxylation sites is 2. The van der Waals surface area contributed by atoms with E-state index >= 15 is 0 Å². The average Bonchev–Trinajstić information content (AvgIpc) is 2.79. The molecule has 0 spiro atoms. The number of hydrogen-bond acceptors (Lipinski definition) is 2. The molecule has 136 valence electrons. The van der Waals surface area contributed by atoms with Gasteiger partial charge in [0, 0.05) is 7.05 Å². The first-order valence-corrected chi connectivity index (χ1v) is 9.43. The SMILES string of the molecule is Br.Cn1c(=N)n(CC(O)C23CC4CC(CC(C4)C2)C3)c2ccccc21. The second kappa shape index (κ2) is 5.98. The largest absolute Gasteiger partial charge is 0.391 e. The molecular formula is C20H28BrN3O. The van der Waals surface area contributed by atoms with Gasteiger partial charge in [0.15, 0.2) is 0 Å². The maximum atomic E-state index is 11.2. The molecule has 6 rings (SSSR count). The van der Waals surface area contributed by atoms with Crippen molar-refractivity contribution in [3.8, 4) is 0 Å². The van der Waals surface area contributed by atoms with Crippen LogP contribution in [0, 0.1) is 28.6 Å². The van der Waals surface area contributed by atoms with E-state index in [2.05, 4.69) is 12.1 Å². The molecule has 2 N–H and O–H groups in total. The van der Waals surface area contributed by atoms with Crippen LogP contribution in [0.25, 0.3) is 11.0 Å². The number of imidazole rings is 1. The molecule has 4 aliphatic rings. The van der Waals surface area contributed by atoms with E-state index in [-0.39, 0.29) is 28.5 Å². The molecule has 0 radical (unpaired) electrons. The molecule has 1 unspecified atom stereocenters. The van der Waals surface area contributed by atoms with Crippen LogP contribution in [0.1, 0.15) is 38.5 Å². The zero-order valence-corrected chi connectivity index (χ0v) is 16.5. The Morgan fingerprint density at radius 2 is 1.60 bits per heavy atom. The van der Waals surface area contributed by atoms with Crippen LogP contribution in [-0.4, -0.2) is 20.3 Å². The summed E-state index contributed by atoms with van der Waals surface area (Å²) >= 11 is 0. The van der Waals surface area contributed by atoms with Gasteiger partial charge in [0.2, 0.25) is 5.62 Å². The third kappa shape index (κ3) is 2.54. The number of benzene rings is 1. The number of nitrogens with one attached hydrogen (secondary N) is 1. The van der Waals surface area contributed by atoms with Crippen LogP contribution in [-0.2, 0) is 13.6 Å². The van der Waals surface area contributed by atoms with Crippen molar-refractivity contribution >= 4 is 28.0 Å². The number of nitrogens with zero attached hydrogens (tertiary/aromatic N) is 2. The highest BCUT2D eigenvalue weighted by molar-refractivity contribution is 8.93. The monoisotopic (exact) mass is 405 g/mol. The van der Waals surface area contributed by atoms with E-state index in [1.54, 1.807) is 0 Å². The van der Waals surface area contributed by atoms with Crippen LogP contribution in [0.2, 0.25) is 0 Å². The van der Waals surface area contributed by atoms with Crippen LogP contribution in [0.15, 0.2) is 24.3 Å². The van der Waals surface area contributed by atoms with Crippen molar-refractivity contribution in [2.75, 3.05) is 0 Å². The molecule has 4 bridgehead atoms. The van der Waals surface area contributed by atoms with Gasteiger partial charge in [-0.15, -0.1) is 17.0 Å². The molecule has 4 nitrogen and oxygen atoms in total. The third-order valence-corrected chi connectivity index (χ3v) is 7.26. The van der Waals surface area contributed by atoms with E-state index in [1.165, 1.54) is 38.5 Å². The number of hydrogen-bond donors (Lipinski definition) is 2. The number of aromatic nitrogens is 2. The van der Waals surface area contributed by atoms with Crippen molar-refractivity contribution in [3.05, 3.63) is 29.9 Å². The Morgan fingerprint density at radius 1 is 1.08 bits per heavy atom. The highest BCUT2D eigenvalue weighted by Crippen LogP contribution is 2.61. The van der Waals surface area contributed by atoms with E-state index in [9.17, 15) is 5.11 Å². The van der Waals surface area contributed by atoms with E-state index < -0.39 is 0 Å². The number of aryl methyl sites for hydroxylation is 1. The van der Waals surface area contributed by atoms with Crippen molar-refractivity contribution in [2.45, 2.75) is 51.2 Å². The summed E-state index contributed by atoms with van der Waals surface area (Å²) in [5, 5.41) is 19.7. The van der Waals surface area contributed by atoms with Gasteiger partial charge in [0.25, 0.3) is 0 Å². The van der Waals surface area contributed by atoms with Crippen LogP contribution < -0.4 is 5.62 Å². The Morgan fingerprint density at radius 3 is 2.16 bits per heavy atom. The van der Waals surface area contributed by atoms with Gasteiger partial charge >= 0.3 is 0 Å². The Hall–Kier alpha value is -1.07. The van der Waals surface area contributed by atoms with E-state index in [0.29, 0.717) is 12.2 Å². The maximum absolute atomic E-state index is 11.2. The molecule has 1 heterocycles. The lowest BCUT2D eigenvalue weighted by atomic mass is 9.48. The first-order valence-electron chi connectivity index (χ1n) is 9.43. The zero-order chi connectivity index (χ0) is 16.5. The summed E-state index contributed by atoms with van der Waals surface area (Å²) in [7, 11) is 1.94. The number of rotatable bonds is 3. The van der Waals surface area contributed by atoms with Gasteiger partial charge in [-0.1, -0.05) is 12.1 Å². The van der Waals surface area contributed by atoms with Crippen LogP contribution in [0.5, 0.6) is 0 Å². The van der Waals surface area contributed by atoms with Gasteiger partial charge in [0.1, 0.15) is 0 Å². The Bertz CT molecular complexity index is 817. The van der Waals surface area contributed by atoms with Crippen molar-refractivity contribution in [1.82, 2.24) is 9.13 Å². The van der Waals surface area contributed by atoms with Crippen molar-refractivity contribution in [3.63, 3.8) is 0 Å². The number of aliphatic hydroxyl groups is 1. The van der Waals surface area contributed by atoms with Crippen molar-refractivity contribution < 1.29 is 5.11 Å². The van der Waals surface area contributed by atoms with Gasteiger partial charge in [0.05, 0.1) is 23.7 Å². The molecule has 2 aromatic rings. The predicted octanol–water partition coefficient (Wildman–Crippen LogP) is 3.61. The minimum atomic E-state index is -0.328. The summed E-state index contributed by atoms with van der Waals surface area (Å²) in [6, 6.07) is 8.16. The third-order valence-electron chi connectivity index (χ3n) is 7.26. The summed E-state index contributed by atoms with van der Waals surface area (Å²) < 4.78 is 3.93. The molecule has 0 amide bonds.